The van der Waals surface area contributed by atoms with Gasteiger partial charge in [0, 0.05) is 3.57 Å². The van der Waals surface area contributed by atoms with E-state index in [1.807, 2.05) is 24.3 Å². The molecule has 1 aromatic carbocycles. The molecule has 0 spiro atoms. The van der Waals surface area contributed by atoms with Gasteiger partial charge >= 0.3 is 0 Å². The van der Waals surface area contributed by atoms with Crippen LogP contribution in [0.4, 0.5) is 0 Å². The van der Waals surface area contributed by atoms with Crippen LogP contribution in [-0.2, 0) is 0 Å². The monoisotopic (exact) mass is 331 g/mol. The minimum atomic E-state index is -0.390. The molecule has 1 fully saturated rings. The zero-order valence-corrected chi connectivity index (χ0v) is 11.4. The summed E-state index contributed by atoms with van der Waals surface area (Å²) in [5.74, 6) is 0.394. The molecule has 1 aliphatic carbocycles. The molecule has 0 saturated heterocycles. The maximum absolute atomic E-state index is 10.3. The fourth-order valence-electron chi connectivity index (χ4n) is 2.52. The van der Waals surface area contributed by atoms with Crippen molar-refractivity contribution in [3.63, 3.8) is 0 Å². The van der Waals surface area contributed by atoms with Gasteiger partial charge in [0.05, 0.1) is 12.1 Å². The number of halogens is 1. The molecule has 0 bridgehead atoms. The average molecular weight is 331 g/mol. The van der Waals surface area contributed by atoms with Gasteiger partial charge in [-0.1, -0.05) is 31.0 Å². The Hall–Kier alpha value is -0.130. The smallest absolute Gasteiger partial charge is 0.0761 e. The first kappa shape index (κ1) is 12.3. The molecular weight excluding hydrogens is 313 g/mol. The second-order valence-corrected chi connectivity index (χ2v) is 5.74. The largest absolute Gasteiger partial charge is 0.391 e. The summed E-state index contributed by atoms with van der Waals surface area (Å²) in [5, 5.41) is 10.3. The SMILES string of the molecule is N[C@@H](c1ccccc1I)[C@H](O)C1CCCC1. The molecule has 0 radical (unpaired) electrons. The highest BCUT2D eigenvalue weighted by molar-refractivity contribution is 14.1. The topological polar surface area (TPSA) is 46.2 Å². The van der Waals surface area contributed by atoms with Crippen LogP contribution in [0.1, 0.15) is 37.3 Å². The number of benzene rings is 1. The van der Waals surface area contributed by atoms with Crippen molar-refractivity contribution in [1.82, 2.24) is 0 Å². The van der Waals surface area contributed by atoms with E-state index in [1.165, 1.54) is 12.8 Å². The molecule has 2 rings (SSSR count). The quantitative estimate of drug-likeness (QED) is 0.837. The molecule has 1 saturated carbocycles. The minimum Gasteiger partial charge on any atom is -0.391 e. The van der Waals surface area contributed by atoms with Crippen molar-refractivity contribution in [3.05, 3.63) is 33.4 Å². The molecule has 16 heavy (non-hydrogen) atoms. The van der Waals surface area contributed by atoms with Gasteiger partial charge < -0.3 is 10.8 Å². The molecule has 0 aromatic heterocycles. The maximum atomic E-state index is 10.3. The van der Waals surface area contributed by atoms with E-state index in [0.29, 0.717) is 5.92 Å². The summed E-state index contributed by atoms with van der Waals surface area (Å²) in [4.78, 5) is 0. The molecule has 0 amide bonds. The predicted octanol–water partition coefficient (Wildman–Crippen LogP) is 2.84. The number of aliphatic hydroxyl groups is 1. The van der Waals surface area contributed by atoms with Crippen LogP contribution >= 0.6 is 22.6 Å². The van der Waals surface area contributed by atoms with Crippen LogP contribution in [0, 0.1) is 9.49 Å². The third kappa shape index (κ3) is 2.57. The highest BCUT2D eigenvalue weighted by Crippen LogP contribution is 2.33. The van der Waals surface area contributed by atoms with Crippen LogP contribution in [0.5, 0.6) is 0 Å². The predicted molar refractivity (Wildman–Crippen MR) is 74.1 cm³/mol. The first-order chi connectivity index (χ1) is 7.70. The maximum Gasteiger partial charge on any atom is 0.0761 e. The van der Waals surface area contributed by atoms with E-state index in [0.717, 1.165) is 22.0 Å². The second-order valence-electron chi connectivity index (χ2n) is 4.58. The molecule has 0 heterocycles. The Morgan fingerprint density at radius 1 is 1.25 bits per heavy atom. The van der Waals surface area contributed by atoms with Crippen molar-refractivity contribution in [2.75, 3.05) is 0 Å². The first-order valence-electron chi connectivity index (χ1n) is 5.88. The average Bonchev–Trinajstić information content (AvgIpc) is 2.81. The molecule has 1 aliphatic rings. The van der Waals surface area contributed by atoms with Crippen LogP contribution in [0.3, 0.4) is 0 Å². The summed E-state index contributed by atoms with van der Waals surface area (Å²) in [6, 6.07) is 7.80. The minimum absolute atomic E-state index is 0.240. The van der Waals surface area contributed by atoms with Crippen molar-refractivity contribution in [2.24, 2.45) is 11.7 Å². The highest BCUT2D eigenvalue weighted by Gasteiger charge is 2.29. The fraction of sp³-hybridized carbons (Fsp3) is 0.538. The second kappa shape index (κ2) is 5.47. The van der Waals surface area contributed by atoms with Gasteiger partial charge in [-0.05, 0) is 53.0 Å². The lowest BCUT2D eigenvalue weighted by Crippen LogP contribution is -2.32. The lowest BCUT2D eigenvalue weighted by Gasteiger charge is -2.25. The first-order valence-corrected chi connectivity index (χ1v) is 6.96. The summed E-state index contributed by atoms with van der Waals surface area (Å²) in [6.45, 7) is 0. The van der Waals surface area contributed by atoms with E-state index in [1.54, 1.807) is 0 Å². The molecule has 2 atom stereocenters. The third-order valence-corrected chi connectivity index (χ3v) is 4.50. The number of rotatable bonds is 3. The van der Waals surface area contributed by atoms with E-state index >= 15 is 0 Å². The van der Waals surface area contributed by atoms with Crippen molar-refractivity contribution >= 4 is 22.6 Å². The van der Waals surface area contributed by atoms with Gasteiger partial charge in [0.15, 0.2) is 0 Å². The lowest BCUT2D eigenvalue weighted by atomic mass is 9.91. The van der Waals surface area contributed by atoms with Crippen LogP contribution < -0.4 is 5.73 Å². The van der Waals surface area contributed by atoms with Crippen LogP contribution in [0.15, 0.2) is 24.3 Å². The number of aliphatic hydroxyl groups excluding tert-OH is 1. The lowest BCUT2D eigenvalue weighted by molar-refractivity contribution is 0.0842. The molecule has 0 aliphatic heterocycles. The summed E-state index contributed by atoms with van der Waals surface area (Å²) in [6.07, 6.45) is 4.33. The van der Waals surface area contributed by atoms with E-state index in [2.05, 4.69) is 22.6 Å². The molecule has 3 N–H and O–H groups in total. The van der Waals surface area contributed by atoms with Gasteiger partial charge in [-0.3, -0.25) is 0 Å². The van der Waals surface area contributed by atoms with Crippen molar-refractivity contribution in [2.45, 2.75) is 37.8 Å². The van der Waals surface area contributed by atoms with Crippen molar-refractivity contribution in [1.29, 1.82) is 0 Å². The van der Waals surface area contributed by atoms with Gasteiger partial charge in [0.2, 0.25) is 0 Å². The Morgan fingerprint density at radius 3 is 2.50 bits per heavy atom. The molecule has 2 nitrogen and oxygen atoms in total. The highest BCUT2D eigenvalue weighted by atomic mass is 127. The van der Waals surface area contributed by atoms with Crippen molar-refractivity contribution < 1.29 is 5.11 Å². The van der Waals surface area contributed by atoms with Gasteiger partial charge in [-0.25, -0.2) is 0 Å². The van der Waals surface area contributed by atoms with E-state index in [9.17, 15) is 5.11 Å². The molecule has 0 unspecified atom stereocenters. The number of hydrogen-bond acceptors (Lipinski definition) is 2. The standard InChI is InChI=1S/C13H18INO/c14-11-8-4-3-7-10(11)12(15)13(16)9-5-1-2-6-9/h3-4,7-9,12-13,16H,1-2,5-6,15H2/t12-,13+/m0/s1. The summed E-state index contributed by atoms with van der Waals surface area (Å²) < 4.78 is 1.14. The Morgan fingerprint density at radius 2 is 1.88 bits per heavy atom. The molecule has 3 heteroatoms. The van der Waals surface area contributed by atoms with Gasteiger partial charge in [0.1, 0.15) is 0 Å². The zero-order valence-electron chi connectivity index (χ0n) is 9.27. The van der Waals surface area contributed by atoms with Crippen LogP contribution in [-0.4, -0.2) is 11.2 Å². The summed E-state index contributed by atoms with van der Waals surface area (Å²) in [5.41, 5.74) is 7.24. The summed E-state index contributed by atoms with van der Waals surface area (Å²) in [7, 11) is 0. The van der Waals surface area contributed by atoms with Gasteiger partial charge in [-0.15, -0.1) is 0 Å². The van der Waals surface area contributed by atoms with Gasteiger partial charge in [0.25, 0.3) is 0 Å². The third-order valence-electron chi connectivity index (χ3n) is 3.52. The van der Waals surface area contributed by atoms with E-state index < -0.39 is 6.10 Å². The normalized spacial score (nSPS) is 20.9. The van der Waals surface area contributed by atoms with E-state index in [4.69, 9.17) is 5.73 Å². The molecule has 88 valence electrons. The molecule has 1 aromatic rings. The van der Waals surface area contributed by atoms with Gasteiger partial charge in [-0.2, -0.15) is 0 Å². The Bertz CT molecular complexity index is 350. The molecular formula is C13H18INO. The fourth-order valence-corrected chi connectivity index (χ4v) is 3.27. The van der Waals surface area contributed by atoms with Crippen LogP contribution in [0.25, 0.3) is 0 Å². The Balaban J connectivity index is 2.11. The number of hydrogen-bond donors (Lipinski definition) is 2. The zero-order chi connectivity index (χ0) is 11.5. The Labute approximate surface area is 110 Å². The summed E-state index contributed by atoms with van der Waals surface area (Å²) >= 11 is 2.28. The van der Waals surface area contributed by atoms with E-state index in [-0.39, 0.29) is 6.04 Å². The van der Waals surface area contributed by atoms with Crippen LogP contribution in [0.2, 0.25) is 0 Å². The Kier molecular flexibility index (Phi) is 4.21. The number of nitrogens with two attached hydrogens (primary N) is 1. The van der Waals surface area contributed by atoms with Crippen molar-refractivity contribution in [3.8, 4) is 0 Å².